The van der Waals surface area contributed by atoms with Crippen LogP contribution in [0.5, 0.6) is 0 Å². The first-order chi connectivity index (χ1) is 13.0. The van der Waals surface area contributed by atoms with Crippen LogP contribution in [0.3, 0.4) is 0 Å². The number of hydrogen-bond acceptors (Lipinski definition) is 6. The molecular weight excluding hydrogens is 378 g/mol. The van der Waals surface area contributed by atoms with Gasteiger partial charge in [-0.3, -0.25) is 0 Å². The van der Waals surface area contributed by atoms with Crippen molar-refractivity contribution in [1.82, 2.24) is 14.9 Å². The number of anilines is 2. The lowest BCUT2D eigenvalue weighted by molar-refractivity contribution is 0.256. The van der Waals surface area contributed by atoms with E-state index in [4.69, 9.17) is 0 Å². The van der Waals surface area contributed by atoms with E-state index in [1.807, 2.05) is 50.6 Å². The lowest BCUT2D eigenvalue weighted by Crippen LogP contribution is -2.35. The summed E-state index contributed by atoms with van der Waals surface area (Å²) in [5, 5.41) is 9.92. The number of hydrogen-bond donors (Lipinski definition) is 2. The molecule has 2 N–H and O–H groups in total. The number of rotatable bonds is 6. The molecule has 0 saturated heterocycles. The van der Waals surface area contributed by atoms with Crippen LogP contribution >= 0.6 is 0 Å². The van der Waals surface area contributed by atoms with Crippen molar-refractivity contribution in [2.75, 3.05) is 24.3 Å². The maximum atomic E-state index is 12.5. The number of para-hydroxylation sites is 1. The Morgan fingerprint density at radius 1 is 0.964 bits per heavy atom. The van der Waals surface area contributed by atoms with Crippen LogP contribution in [0.1, 0.15) is 50.7 Å². The molecule has 0 bridgehead atoms. The van der Waals surface area contributed by atoms with Crippen molar-refractivity contribution in [2.45, 2.75) is 44.6 Å². The number of carbonyl (C=O) groups excluding carboxylic acids is 1. The van der Waals surface area contributed by atoms with Gasteiger partial charge >= 0.3 is 6.03 Å². The molecule has 0 spiro atoms. The van der Waals surface area contributed by atoms with Gasteiger partial charge in [-0.2, -0.15) is 8.42 Å². The van der Waals surface area contributed by atoms with Gasteiger partial charge in [-0.25, -0.2) is 9.52 Å². The molecule has 0 fully saturated rings. The van der Waals surface area contributed by atoms with E-state index in [0.29, 0.717) is 11.5 Å². The van der Waals surface area contributed by atoms with Gasteiger partial charge in [-0.15, -0.1) is 10.2 Å². The number of nitrogens with zero attached hydrogens (tertiary/aromatic N) is 3. The molecule has 0 saturated carbocycles. The molecule has 8 nitrogen and oxygen atoms in total. The lowest BCUT2D eigenvalue weighted by atomic mass is 9.93. The SMILES string of the molecule is CC(C)c1cccc(C(C)C)c1NC(=O)NS(=O)(=O)c1ccc(N(C)C)nn1. The summed E-state index contributed by atoms with van der Waals surface area (Å²) in [7, 11) is -0.610. The van der Waals surface area contributed by atoms with E-state index >= 15 is 0 Å². The molecule has 0 aliphatic heterocycles. The highest BCUT2D eigenvalue weighted by molar-refractivity contribution is 7.90. The summed E-state index contributed by atoms with van der Waals surface area (Å²) in [5.41, 5.74) is 2.51. The third-order valence-corrected chi connectivity index (χ3v) is 5.42. The summed E-state index contributed by atoms with van der Waals surface area (Å²) >= 11 is 0. The van der Waals surface area contributed by atoms with Crippen molar-refractivity contribution in [3.05, 3.63) is 41.5 Å². The van der Waals surface area contributed by atoms with Gasteiger partial charge in [0.1, 0.15) is 0 Å². The highest BCUT2D eigenvalue weighted by Gasteiger charge is 2.22. The number of carbonyl (C=O) groups is 1. The second-order valence-electron chi connectivity index (χ2n) is 7.30. The van der Waals surface area contributed by atoms with Crippen LogP contribution in [0.2, 0.25) is 0 Å². The van der Waals surface area contributed by atoms with Gasteiger partial charge in [0, 0.05) is 19.8 Å². The van der Waals surface area contributed by atoms with E-state index in [1.54, 1.807) is 19.0 Å². The van der Waals surface area contributed by atoms with E-state index in [1.165, 1.54) is 12.1 Å². The molecule has 1 aromatic carbocycles. The number of nitrogens with one attached hydrogen (secondary N) is 2. The van der Waals surface area contributed by atoms with Gasteiger partial charge in [0.15, 0.2) is 10.8 Å². The Balaban J connectivity index is 2.26. The molecule has 28 heavy (non-hydrogen) atoms. The van der Waals surface area contributed by atoms with Crippen LogP contribution in [0.25, 0.3) is 0 Å². The molecule has 1 heterocycles. The van der Waals surface area contributed by atoms with Crippen LogP contribution in [-0.2, 0) is 10.0 Å². The number of amides is 2. The van der Waals surface area contributed by atoms with Crippen molar-refractivity contribution >= 4 is 27.6 Å². The van der Waals surface area contributed by atoms with Crippen molar-refractivity contribution in [3.8, 4) is 0 Å². The maximum Gasteiger partial charge on any atom is 0.333 e. The predicted octanol–water partition coefficient (Wildman–Crippen LogP) is 3.30. The highest BCUT2D eigenvalue weighted by Crippen LogP contribution is 2.32. The summed E-state index contributed by atoms with van der Waals surface area (Å²) in [5.74, 6) is 0.834. The van der Waals surface area contributed by atoms with Crippen LogP contribution in [-0.4, -0.2) is 38.7 Å². The zero-order chi connectivity index (χ0) is 21.1. The van der Waals surface area contributed by atoms with Crippen LogP contribution in [0, 0.1) is 0 Å². The number of urea groups is 1. The van der Waals surface area contributed by atoms with E-state index < -0.39 is 16.1 Å². The molecule has 0 radical (unpaired) electrons. The molecule has 0 unspecified atom stereocenters. The first-order valence-corrected chi connectivity index (χ1v) is 10.5. The molecule has 9 heteroatoms. The van der Waals surface area contributed by atoms with Crippen molar-refractivity contribution in [2.24, 2.45) is 0 Å². The van der Waals surface area contributed by atoms with E-state index in [-0.39, 0.29) is 16.9 Å². The Labute approximate surface area is 166 Å². The monoisotopic (exact) mass is 405 g/mol. The molecule has 2 amide bonds. The van der Waals surface area contributed by atoms with Crippen LogP contribution in [0.15, 0.2) is 35.4 Å². The molecular formula is C19H27N5O3S. The smallest absolute Gasteiger partial charge is 0.333 e. The van der Waals surface area contributed by atoms with E-state index in [9.17, 15) is 13.2 Å². The average Bonchev–Trinajstić information content (AvgIpc) is 2.61. The van der Waals surface area contributed by atoms with Gasteiger partial charge in [0.05, 0.1) is 0 Å². The summed E-state index contributed by atoms with van der Waals surface area (Å²) in [6.45, 7) is 8.06. The minimum atomic E-state index is -4.14. The van der Waals surface area contributed by atoms with Crippen molar-refractivity contribution in [1.29, 1.82) is 0 Å². The third kappa shape index (κ3) is 4.98. The second kappa shape index (κ2) is 8.55. The van der Waals surface area contributed by atoms with E-state index in [0.717, 1.165) is 11.1 Å². The number of sulfonamides is 1. The molecule has 0 aliphatic rings. The Morgan fingerprint density at radius 3 is 1.96 bits per heavy atom. The lowest BCUT2D eigenvalue weighted by Gasteiger charge is -2.20. The van der Waals surface area contributed by atoms with Gasteiger partial charge in [-0.1, -0.05) is 45.9 Å². The number of aromatic nitrogens is 2. The van der Waals surface area contributed by atoms with Gasteiger partial charge in [0.2, 0.25) is 0 Å². The molecule has 1 aromatic heterocycles. The Morgan fingerprint density at radius 2 is 1.54 bits per heavy atom. The van der Waals surface area contributed by atoms with Gasteiger partial charge in [0.25, 0.3) is 10.0 Å². The summed E-state index contributed by atoms with van der Waals surface area (Å²) in [6, 6.07) is 7.77. The minimum absolute atomic E-state index is 0.162. The minimum Gasteiger partial charge on any atom is -0.361 e. The fraction of sp³-hybridized carbons (Fsp3) is 0.421. The normalized spacial score (nSPS) is 11.6. The fourth-order valence-corrected chi connectivity index (χ4v) is 3.50. The van der Waals surface area contributed by atoms with Crippen LogP contribution in [0.4, 0.5) is 16.3 Å². The quantitative estimate of drug-likeness (QED) is 0.764. The third-order valence-electron chi connectivity index (χ3n) is 4.20. The first kappa shape index (κ1) is 21.6. The molecule has 152 valence electrons. The summed E-state index contributed by atoms with van der Waals surface area (Å²) < 4.78 is 26.9. The largest absolute Gasteiger partial charge is 0.361 e. The topological polar surface area (TPSA) is 104 Å². The van der Waals surface area contributed by atoms with Crippen molar-refractivity contribution < 1.29 is 13.2 Å². The molecule has 2 aromatic rings. The predicted molar refractivity (Wildman–Crippen MR) is 110 cm³/mol. The fourth-order valence-electron chi connectivity index (χ4n) is 2.70. The Kier molecular flexibility index (Phi) is 6.60. The molecule has 0 atom stereocenters. The average molecular weight is 406 g/mol. The zero-order valence-electron chi connectivity index (χ0n) is 17.0. The van der Waals surface area contributed by atoms with Crippen molar-refractivity contribution in [3.63, 3.8) is 0 Å². The Hall–Kier alpha value is -2.68. The van der Waals surface area contributed by atoms with Gasteiger partial charge in [-0.05, 0) is 35.1 Å². The summed E-state index contributed by atoms with van der Waals surface area (Å²) in [4.78, 5) is 14.2. The maximum absolute atomic E-state index is 12.5. The molecule has 0 aliphatic carbocycles. The van der Waals surface area contributed by atoms with Crippen LogP contribution < -0.4 is 14.9 Å². The standard InChI is InChI=1S/C19H27N5O3S/c1-12(2)14-8-7-9-15(13(3)4)18(14)20-19(25)23-28(26,27)17-11-10-16(21-22-17)24(5)6/h7-13H,1-6H3,(H2,20,23,25). The van der Waals surface area contributed by atoms with E-state index in [2.05, 4.69) is 15.5 Å². The summed E-state index contributed by atoms with van der Waals surface area (Å²) in [6.07, 6.45) is 0. The second-order valence-corrected chi connectivity index (χ2v) is 8.93. The van der Waals surface area contributed by atoms with Gasteiger partial charge < -0.3 is 10.2 Å². The first-order valence-electron chi connectivity index (χ1n) is 9.00. The number of benzene rings is 1. The Bertz CT molecular complexity index is 912. The molecule has 2 rings (SSSR count). The highest BCUT2D eigenvalue weighted by atomic mass is 32.2. The zero-order valence-corrected chi connectivity index (χ0v) is 17.8.